The Morgan fingerprint density at radius 2 is 1.97 bits per heavy atom. The van der Waals surface area contributed by atoms with E-state index < -0.39 is 0 Å². The second-order valence-electron chi connectivity index (χ2n) is 8.50. The molecule has 0 aliphatic carbocycles. The van der Waals surface area contributed by atoms with E-state index in [1.54, 1.807) is 24.7 Å². The standard InChI is InChI=1S/C27H21FN6OS/c1-2-4-26(35)31-16-9-15(12-29-13-16)21-11-19-23(14-30-21)33-34-27(19)22-10-18-17(5-3-6-20(18)32-22)24-7-8-25(28)36-24/h3,5-14,32H,2,4H2,1H3,(H,31,35)(H,33,34). The van der Waals surface area contributed by atoms with Gasteiger partial charge in [0.25, 0.3) is 0 Å². The number of carbonyl (C=O) groups is 1. The van der Waals surface area contributed by atoms with Crippen LogP contribution in [-0.4, -0.2) is 31.1 Å². The summed E-state index contributed by atoms with van der Waals surface area (Å²) in [6.45, 7) is 1.96. The first-order valence-electron chi connectivity index (χ1n) is 11.6. The molecule has 6 rings (SSSR count). The van der Waals surface area contributed by atoms with Crippen LogP contribution in [0.3, 0.4) is 0 Å². The monoisotopic (exact) mass is 496 g/mol. The van der Waals surface area contributed by atoms with Gasteiger partial charge in [-0.3, -0.25) is 19.9 Å². The number of anilines is 1. The number of fused-ring (bicyclic) bond motifs is 2. The van der Waals surface area contributed by atoms with Gasteiger partial charge in [-0.1, -0.05) is 19.1 Å². The van der Waals surface area contributed by atoms with E-state index in [-0.39, 0.29) is 11.0 Å². The number of halogens is 1. The first-order valence-corrected chi connectivity index (χ1v) is 12.4. The minimum Gasteiger partial charge on any atom is -0.353 e. The Hall–Kier alpha value is -4.37. The number of nitrogens with one attached hydrogen (secondary N) is 3. The van der Waals surface area contributed by atoms with E-state index in [4.69, 9.17) is 0 Å². The number of benzene rings is 1. The third-order valence-corrected chi connectivity index (χ3v) is 6.91. The van der Waals surface area contributed by atoms with Crippen molar-refractivity contribution < 1.29 is 9.18 Å². The van der Waals surface area contributed by atoms with Crippen molar-refractivity contribution in [3.05, 3.63) is 72.3 Å². The quantitative estimate of drug-likeness (QED) is 0.237. The van der Waals surface area contributed by atoms with Crippen LogP contribution in [0.2, 0.25) is 0 Å². The normalized spacial score (nSPS) is 11.4. The average Bonchev–Trinajstić information content (AvgIpc) is 3.61. The molecule has 9 heteroatoms. The lowest BCUT2D eigenvalue weighted by Crippen LogP contribution is -2.10. The maximum Gasteiger partial charge on any atom is 0.224 e. The molecule has 6 aromatic rings. The zero-order valence-electron chi connectivity index (χ0n) is 19.3. The van der Waals surface area contributed by atoms with E-state index in [1.807, 2.05) is 43.3 Å². The van der Waals surface area contributed by atoms with E-state index in [0.717, 1.165) is 72.6 Å². The van der Waals surface area contributed by atoms with Gasteiger partial charge in [0.15, 0.2) is 5.13 Å². The fourth-order valence-electron chi connectivity index (χ4n) is 4.34. The predicted molar refractivity (Wildman–Crippen MR) is 141 cm³/mol. The Kier molecular flexibility index (Phi) is 5.54. The molecule has 3 N–H and O–H groups in total. The molecule has 0 spiro atoms. The Labute approximate surface area is 209 Å². The van der Waals surface area contributed by atoms with Gasteiger partial charge < -0.3 is 10.3 Å². The van der Waals surface area contributed by atoms with Gasteiger partial charge in [-0.25, -0.2) is 0 Å². The summed E-state index contributed by atoms with van der Waals surface area (Å²) in [5, 5.41) is 12.2. The topological polar surface area (TPSA) is 99.4 Å². The lowest BCUT2D eigenvalue weighted by Gasteiger charge is -2.06. The van der Waals surface area contributed by atoms with Gasteiger partial charge in [-0.05, 0) is 42.8 Å². The molecule has 0 fully saturated rings. The maximum atomic E-state index is 13.7. The lowest BCUT2D eigenvalue weighted by molar-refractivity contribution is -0.116. The molecule has 5 aromatic heterocycles. The molecule has 5 heterocycles. The van der Waals surface area contributed by atoms with Crippen molar-refractivity contribution in [3.63, 3.8) is 0 Å². The number of pyridine rings is 2. The maximum absolute atomic E-state index is 13.7. The number of rotatable bonds is 6. The summed E-state index contributed by atoms with van der Waals surface area (Å²) in [5.74, 6) is -0.0413. The fourth-order valence-corrected chi connectivity index (χ4v) is 5.11. The number of aromatic amines is 2. The van der Waals surface area contributed by atoms with E-state index in [1.165, 1.54) is 6.07 Å². The number of aromatic nitrogens is 5. The summed E-state index contributed by atoms with van der Waals surface area (Å²) >= 11 is 1.13. The van der Waals surface area contributed by atoms with Crippen LogP contribution in [0.15, 0.2) is 67.1 Å². The molecule has 0 aliphatic heterocycles. The summed E-state index contributed by atoms with van der Waals surface area (Å²) in [4.78, 5) is 25.2. The number of amides is 1. The second-order valence-corrected chi connectivity index (χ2v) is 9.54. The molecule has 1 amide bonds. The molecule has 0 unspecified atom stereocenters. The van der Waals surface area contributed by atoms with Crippen molar-refractivity contribution in [1.82, 2.24) is 25.1 Å². The van der Waals surface area contributed by atoms with Crippen LogP contribution in [0, 0.1) is 5.13 Å². The fraction of sp³-hybridized carbons (Fsp3) is 0.111. The van der Waals surface area contributed by atoms with Gasteiger partial charge in [0.2, 0.25) is 5.91 Å². The molecule has 0 saturated heterocycles. The van der Waals surface area contributed by atoms with Crippen LogP contribution in [0.25, 0.3) is 54.9 Å². The van der Waals surface area contributed by atoms with Crippen molar-refractivity contribution in [2.45, 2.75) is 19.8 Å². The zero-order valence-corrected chi connectivity index (χ0v) is 20.1. The van der Waals surface area contributed by atoms with Crippen molar-refractivity contribution >= 4 is 44.7 Å². The minimum absolute atomic E-state index is 0.0413. The van der Waals surface area contributed by atoms with Gasteiger partial charge in [0.05, 0.1) is 35.0 Å². The van der Waals surface area contributed by atoms with E-state index in [2.05, 4.69) is 30.5 Å². The second kappa shape index (κ2) is 9.01. The molecule has 0 aliphatic rings. The van der Waals surface area contributed by atoms with Gasteiger partial charge in [0, 0.05) is 44.9 Å². The number of H-pyrrole nitrogens is 2. The highest BCUT2D eigenvalue weighted by molar-refractivity contribution is 7.14. The van der Waals surface area contributed by atoms with Crippen LogP contribution < -0.4 is 5.32 Å². The molecule has 36 heavy (non-hydrogen) atoms. The Morgan fingerprint density at radius 3 is 2.81 bits per heavy atom. The molecular formula is C27H21FN6OS. The van der Waals surface area contributed by atoms with Crippen LogP contribution in [0.4, 0.5) is 10.1 Å². The molecule has 0 radical (unpaired) electrons. The van der Waals surface area contributed by atoms with Gasteiger partial charge in [-0.2, -0.15) is 9.49 Å². The molecule has 178 valence electrons. The first kappa shape index (κ1) is 22.1. The highest BCUT2D eigenvalue weighted by atomic mass is 32.1. The van der Waals surface area contributed by atoms with E-state index >= 15 is 0 Å². The van der Waals surface area contributed by atoms with Gasteiger partial charge in [0.1, 0.15) is 5.69 Å². The smallest absolute Gasteiger partial charge is 0.224 e. The summed E-state index contributed by atoms with van der Waals surface area (Å²) in [6, 6.07) is 15.1. The third-order valence-electron chi connectivity index (χ3n) is 6.00. The molecule has 1 aromatic carbocycles. The number of hydrogen-bond acceptors (Lipinski definition) is 5. The molecular weight excluding hydrogens is 475 g/mol. The number of thiophene rings is 1. The van der Waals surface area contributed by atoms with Crippen LogP contribution >= 0.6 is 11.3 Å². The van der Waals surface area contributed by atoms with Gasteiger partial charge in [-0.15, -0.1) is 11.3 Å². The zero-order chi connectivity index (χ0) is 24.6. The van der Waals surface area contributed by atoms with E-state index in [0.29, 0.717) is 12.1 Å². The predicted octanol–water partition coefficient (Wildman–Crippen LogP) is 6.77. The van der Waals surface area contributed by atoms with Crippen molar-refractivity contribution in [2.24, 2.45) is 0 Å². The number of nitrogens with zero attached hydrogens (tertiary/aromatic N) is 3. The largest absolute Gasteiger partial charge is 0.353 e. The van der Waals surface area contributed by atoms with Crippen molar-refractivity contribution in [3.8, 4) is 33.1 Å². The summed E-state index contributed by atoms with van der Waals surface area (Å²) in [5.41, 5.74) is 6.46. The number of hydrogen-bond donors (Lipinski definition) is 3. The Balaban J connectivity index is 1.40. The molecule has 7 nitrogen and oxygen atoms in total. The summed E-state index contributed by atoms with van der Waals surface area (Å²) in [7, 11) is 0. The average molecular weight is 497 g/mol. The highest BCUT2D eigenvalue weighted by Crippen LogP contribution is 2.37. The molecule has 0 saturated carbocycles. The van der Waals surface area contributed by atoms with Crippen LogP contribution in [0.5, 0.6) is 0 Å². The molecule has 0 atom stereocenters. The Bertz CT molecular complexity index is 1730. The summed E-state index contributed by atoms with van der Waals surface area (Å²) < 4.78 is 13.7. The van der Waals surface area contributed by atoms with E-state index in [9.17, 15) is 9.18 Å². The minimum atomic E-state index is -0.209. The van der Waals surface area contributed by atoms with Crippen LogP contribution in [-0.2, 0) is 4.79 Å². The van der Waals surface area contributed by atoms with Gasteiger partial charge >= 0.3 is 0 Å². The molecule has 0 bridgehead atoms. The number of carbonyl (C=O) groups excluding carboxylic acids is 1. The summed E-state index contributed by atoms with van der Waals surface area (Å²) in [6.07, 6.45) is 6.32. The first-order chi connectivity index (χ1) is 17.6. The SMILES string of the molecule is CCCC(=O)Nc1cncc(-c2cc3c(-c4cc5c(-c6ccc(F)s6)cccc5[nH]4)n[nH]c3cn2)c1. The Morgan fingerprint density at radius 1 is 1.06 bits per heavy atom. The lowest BCUT2D eigenvalue weighted by atomic mass is 10.1. The highest BCUT2D eigenvalue weighted by Gasteiger charge is 2.16. The van der Waals surface area contributed by atoms with Crippen molar-refractivity contribution in [2.75, 3.05) is 5.32 Å². The third kappa shape index (κ3) is 4.03. The van der Waals surface area contributed by atoms with Crippen LogP contribution in [0.1, 0.15) is 19.8 Å². The van der Waals surface area contributed by atoms with Crippen molar-refractivity contribution in [1.29, 1.82) is 0 Å².